The molecular formula is C10H10N2O5. The molecule has 0 fully saturated rings. The van der Waals surface area contributed by atoms with Crippen LogP contribution in [0.3, 0.4) is 0 Å². The summed E-state index contributed by atoms with van der Waals surface area (Å²) >= 11 is 0. The van der Waals surface area contributed by atoms with Crippen molar-refractivity contribution in [3.8, 4) is 0 Å². The van der Waals surface area contributed by atoms with E-state index in [2.05, 4.69) is 10.5 Å². The molecule has 2 atom stereocenters. The van der Waals surface area contributed by atoms with E-state index in [0.717, 1.165) is 0 Å². The SMILES string of the molecule is O=NC(C(=O)Nc1ccccc1)C(O)C(=O)O. The zero-order chi connectivity index (χ0) is 12.8. The lowest BCUT2D eigenvalue weighted by Gasteiger charge is -2.12. The Hall–Kier alpha value is -2.28. The first-order valence-electron chi connectivity index (χ1n) is 4.65. The maximum atomic E-state index is 11.5. The first-order valence-corrected chi connectivity index (χ1v) is 4.65. The van der Waals surface area contributed by atoms with E-state index in [1.165, 1.54) is 0 Å². The second-order valence-corrected chi connectivity index (χ2v) is 3.19. The van der Waals surface area contributed by atoms with E-state index in [4.69, 9.17) is 10.2 Å². The Kier molecular flexibility index (Phi) is 4.29. The number of carboxylic acids is 1. The van der Waals surface area contributed by atoms with Gasteiger partial charge in [-0.25, -0.2) is 4.79 Å². The molecule has 1 rings (SSSR count). The number of nitroso groups, excluding NO2 is 1. The molecule has 0 saturated carbocycles. The zero-order valence-corrected chi connectivity index (χ0v) is 8.61. The van der Waals surface area contributed by atoms with Gasteiger partial charge in [0.15, 0.2) is 6.10 Å². The minimum Gasteiger partial charge on any atom is -0.479 e. The standard InChI is InChI=1S/C10H10N2O5/c13-8(10(15)16)7(12-17)9(14)11-6-4-2-1-3-5-6/h1-5,7-8,13H,(H,11,14)(H,15,16). The van der Waals surface area contributed by atoms with Crippen LogP contribution in [0.1, 0.15) is 0 Å². The lowest BCUT2D eigenvalue weighted by atomic mass is 10.1. The molecule has 1 aromatic carbocycles. The zero-order valence-electron chi connectivity index (χ0n) is 8.61. The summed E-state index contributed by atoms with van der Waals surface area (Å²) in [5.41, 5.74) is 0.378. The lowest BCUT2D eigenvalue weighted by molar-refractivity contribution is -0.149. The van der Waals surface area contributed by atoms with Gasteiger partial charge >= 0.3 is 5.97 Å². The van der Waals surface area contributed by atoms with Crippen LogP contribution in [0.25, 0.3) is 0 Å². The monoisotopic (exact) mass is 238 g/mol. The average Bonchev–Trinajstić information content (AvgIpc) is 2.30. The highest BCUT2D eigenvalue weighted by molar-refractivity contribution is 5.98. The Balaban J connectivity index is 2.74. The van der Waals surface area contributed by atoms with Crippen molar-refractivity contribution in [1.29, 1.82) is 0 Å². The van der Waals surface area contributed by atoms with Crippen molar-refractivity contribution in [1.82, 2.24) is 0 Å². The second-order valence-electron chi connectivity index (χ2n) is 3.19. The van der Waals surface area contributed by atoms with Gasteiger partial charge in [0.25, 0.3) is 5.91 Å². The van der Waals surface area contributed by atoms with Gasteiger partial charge in [0.2, 0.25) is 6.04 Å². The van der Waals surface area contributed by atoms with Gasteiger partial charge in [0.05, 0.1) is 0 Å². The third-order valence-corrected chi connectivity index (χ3v) is 1.98. The number of amides is 1. The molecule has 90 valence electrons. The van der Waals surface area contributed by atoms with E-state index < -0.39 is 24.0 Å². The number of hydrogen-bond donors (Lipinski definition) is 3. The number of aliphatic hydroxyl groups excluding tert-OH is 1. The third-order valence-electron chi connectivity index (χ3n) is 1.98. The van der Waals surface area contributed by atoms with Crippen LogP contribution in [0.15, 0.2) is 35.5 Å². The molecule has 3 N–H and O–H groups in total. The predicted molar refractivity (Wildman–Crippen MR) is 58.3 cm³/mol. The largest absolute Gasteiger partial charge is 0.479 e. The summed E-state index contributed by atoms with van der Waals surface area (Å²) < 4.78 is 0. The molecule has 0 aliphatic heterocycles. The van der Waals surface area contributed by atoms with Crippen molar-refractivity contribution in [3.05, 3.63) is 35.2 Å². The molecule has 0 saturated heterocycles. The number of nitrogens with one attached hydrogen (secondary N) is 1. The fourth-order valence-corrected chi connectivity index (χ4v) is 1.12. The van der Waals surface area contributed by atoms with Crippen LogP contribution in [-0.4, -0.2) is 34.2 Å². The molecule has 2 unspecified atom stereocenters. The first-order chi connectivity index (χ1) is 8.06. The van der Waals surface area contributed by atoms with Gasteiger partial charge in [-0.3, -0.25) is 4.79 Å². The van der Waals surface area contributed by atoms with Gasteiger partial charge in [-0.15, -0.1) is 4.91 Å². The van der Waals surface area contributed by atoms with Gasteiger partial charge < -0.3 is 15.5 Å². The molecule has 0 spiro atoms. The number of benzene rings is 1. The Morgan fingerprint density at radius 2 is 1.82 bits per heavy atom. The number of carbonyl (C=O) groups excluding carboxylic acids is 1. The molecule has 0 aromatic heterocycles. The third kappa shape index (κ3) is 3.35. The molecule has 1 amide bonds. The Morgan fingerprint density at radius 3 is 2.29 bits per heavy atom. The molecular weight excluding hydrogens is 228 g/mol. The summed E-state index contributed by atoms with van der Waals surface area (Å²) in [7, 11) is 0. The van der Waals surface area contributed by atoms with Gasteiger partial charge in [-0.1, -0.05) is 23.4 Å². The molecule has 0 aliphatic rings. The highest BCUT2D eigenvalue weighted by atomic mass is 16.4. The molecule has 7 nitrogen and oxygen atoms in total. The normalized spacial score (nSPS) is 13.5. The summed E-state index contributed by atoms with van der Waals surface area (Å²) in [6.45, 7) is 0. The number of aliphatic hydroxyl groups is 1. The van der Waals surface area contributed by atoms with Crippen molar-refractivity contribution in [3.63, 3.8) is 0 Å². The number of anilines is 1. The van der Waals surface area contributed by atoms with E-state index >= 15 is 0 Å². The van der Waals surface area contributed by atoms with Gasteiger partial charge in [-0.2, -0.15) is 0 Å². The topological polar surface area (TPSA) is 116 Å². The van der Waals surface area contributed by atoms with Crippen LogP contribution >= 0.6 is 0 Å². The Morgan fingerprint density at radius 1 is 1.24 bits per heavy atom. The van der Waals surface area contributed by atoms with E-state index in [0.29, 0.717) is 5.69 Å². The molecule has 17 heavy (non-hydrogen) atoms. The number of rotatable bonds is 5. The van der Waals surface area contributed by atoms with Crippen LogP contribution in [0, 0.1) is 4.91 Å². The van der Waals surface area contributed by atoms with E-state index in [1.54, 1.807) is 30.3 Å². The molecule has 0 radical (unpaired) electrons. The number of aliphatic carboxylic acids is 1. The smallest absolute Gasteiger partial charge is 0.335 e. The number of nitrogens with zero attached hydrogens (tertiary/aromatic N) is 1. The second kappa shape index (κ2) is 5.71. The van der Waals surface area contributed by atoms with Crippen LogP contribution in [0.5, 0.6) is 0 Å². The quantitative estimate of drug-likeness (QED) is 0.634. The van der Waals surface area contributed by atoms with Crippen molar-refractivity contribution in [2.75, 3.05) is 5.32 Å². The summed E-state index contributed by atoms with van der Waals surface area (Å²) in [6, 6.07) is 6.23. The van der Waals surface area contributed by atoms with Gasteiger partial charge in [-0.05, 0) is 12.1 Å². The highest BCUT2D eigenvalue weighted by Crippen LogP contribution is 2.08. The number of hydrogen-bond acceptors (Lipinski definition) is 5. The van der Waals surface area contributed by atoms with E-state index in [9.17, 15) is 14.5 Å². The van der Waals surface area contributed by atoms with Crippen LogP contribution in [0.4, 0.5) is 5.69 Å². The molecule has 7 heteroatoms. The number of carboxylic acid groups (broad SMARTS) is 1. The van der Waals surface area contributed by atoms with Crippen molar-refractivity contribution in [2.24, 2.45) is 5.18 Å². The van der Waals surface area contributed by atoms with E-state index in [-0.39, 0.29) is 0 Å². The van der Waals surface area contributed by atoms with E-state index in [1.807, 2.05) is 0 Å². The fourth-order valence-electron chi connectivity index (χ4n) is 1.12. The van der Waals surface area contributed by atoms with Crippen molar-refractivity contribution in [2.45, 2.75) is 12.1 Å². The first kappa shape index (κ1) is 12.8. The minimum atomic E-state index is -2.16. The molecule has 1 aromatic rings. The lowest BCUT2D eigenvalue weighted by Crippen LogP contribution is -2.41. The summed E-state index contributed by atoms with van der Waals surface area (Å²) in [4.78, 5) is 32.2. The average molecular weight is 238 g/mol. The predicted octanol–water partition coefficient (Wildman–Crippen LogP) is 0.206. The summed E-state index contributed by atoms with van der Waals surface area (Å²) in [6.07, 6.45) is -2.16. The molecule has 0 bridgehead atoms. The Bertz CT molecular complexity index is 420. The highest BCUT2D eigenvalue weighted by Gasteiger charge is 2.33. The van der Waals surface area contributed by atoms with Crippen LogP contribution in [0.2, 0.25) is 0 Å². The number of para-hydroxylation sites is 1. The number of carbonyl (C=O) groups is 2. The maximum Gasteiger partial charge on any atom is 0.335 e. The van der Waals surface area contributed by atoms with Crippen LogP contribution < -0.4 is 5.32 Å². The molecule has 0 aliphatic carbocycles. The minimum absolute atomic E-state index is 0.378. The summed E-state index contributed by atoms with van der Waals surface area (Å²) in [5.74, 6) is -2.65. The van der Waals surface area contributed by atoms with Gasteiger partial charge in [0, 0.05) is 5.69 Å². The Labute approximate surface area is 96.0 Å². The fraction of sp³-hybridized carbons (Fsp3) is 0.200. The van der Waals surface area contributed by atoms with Crippen LogP contribution in [-0.2, 0) is 9.59 Å². The van der Waals surface area contributed by atoms with Crippen molar-refractivity contribution >= 4 is 17.6 Å². The van der Waals surface area contributed by atoms with Gasteiger partial charge in [0.1, 0.15) is 0 Å². The maximum absolute atomic E-state index is 11.5. The molecule has 0 heterocycles. The van der Waals surface area contributed by atoms with Crippen molar-refractivity contribution < 1.29 is 19.8 Å². The summed E-state index contributed by atoms with van der Waals surface area (Å²) in [5, 5.41) is 22.1.